The molecule has 25 heavy (non-hydrogen) atoms. The van der Waals surface area contributed by atoms with E-state index in [0.29, 0.717) is 11.3 Å². The van der Waals surface area contributed by atoms with Crippen molar-refractivity contribution in [2.24, 2.45) is 0 Å². The highest BCUT2D eigenvalue weighted by Gasteiger charge is 2.20. The van der Waals surface area contributed by atoms with E-state index < -0.39 is 11.7 Å². The molecule has 6 heteroatoms. The molecule has 2 aromatic rings. The Hall–Kier alpha value is -3.15. The second-order valence-corrected chi connectivity index (χ2v) is 5.80. The van der Waals surface area contributed by atoms with Gasteiger partial charge in [0, 0.05) is 17.7 Å². The number of carbonyl (C=O) groups is 2. The molecular formula is C19H17FN2O3. The second kappa shape index (κ2) is 6.76. The number of halogens is 1. The number of ether oxygens (including phenoxy) is 1. The molecule has 1 aliphatic rings. The number of nitrogens with one attached hydrogen (secondary N) is 2. The zero-order chi connectivity index (χ0) is 18.0. The standard InChI is InChI=1S/C19H17FN2O3/c1-3-18(23)22-16-10-14(5-6-15(16)20)21-19(24)12-4-7-17-13(9-12)8-11(2)25-17/h3-7,9-11H,1,8H2,2H3,(H,21,24)(H,22,23). The lowest BCUT2D eigenvalue weighted by Gasteiger charge is -2.09. The zero-order valence-electron chi connectivity index (χ0n) is 13.6. The third-order valence-corrected chi connectivity index (χ3v) is 3.83. The van der Waals surface area contributed by atoms with Gasteiger partial charge in [-0.2, -0.15) is 0 Å². The monoisotopic (exact) mass is 340 g/mol. The summed E-state index contributed by atoms with van der Waals surface area (Å²) in [6.45, 7) is 5.29. The van der Waals surface area contributed by atoms with Crippen LogP contribution in [-0.4, -0.2) is 17.9 Å². The zero-order valence-corrected chi connectivity index (χ0v) is 13.6. The minimum Gasteiger partial charge on any atom is -0.490 e. The minimum absolute atomic E-state index is 0.0288. The Bertz CT molecular complexity index is 864. The normalized spacial score (nSPS) is 15.0. The van der Waals surface area contributed by atoms with Gasteiger partial charge in [0.2, 0.25) is 5.91 Å². The summed E-state index contributed by atoms with van der Waals surface area (Å²) in [7, 11) is 0. The summed E-state index contributed by atoms with van der Waals surface area (Å²) >= 11 is 0. The Morgan fingerprint density at radius 3 is 2.80 bits per heavy atom. The average molecular weight is 340 g/mol. The summed E-state index contributed by atoms with van der Waals surface area (Å²) in [4.78, 5) is 23.7. The number of hydrogen-bond donors (Lipinski definition) is 2. The molecule has 3 rings (SSSR count). The largest absolute Gasteiger partial charge is 0.490 e. The molecule has 1 aliphatic heterocycles. The van der Waals surface area contributed by atoms with E-state index in [9.17, 15) is 14.0 Å². The Morgan fingerprint density at radius 1 is 1.24 bits per heavy atom. The first-order valence-electron chi connectivity index (χ1n) is 7.80. The maximum absolute atomic E-state index is 13.7. The van der Waals surface area contributed by atoms with Crippen LogP contribution in [0.3, 0.4) is 0 Å². The maximum atomic E-state index is 13.7. The number of benzene rings is 2. The van der Waals surface area contributed by atoms with Crippen molar-refractivity contribution in [2.45, 2.75) is 19.4 Å². The molecule has 0 aliphatic carbocycles. The lowest BCUT2D eigenvalue weighted by atomic mass is 10.1. The Labute approximate surface area is 144 Å². The predicted molar refractivity (Wildman–Crippen MR) is 93.4 cm³/mol. The van der Waals surface area contributed by atoms with Gasteiger partial charge >= 0.3 is 0 Å². The summed E-state index contributed by atoms with van der Waals surface area (Å²) < 4.78 is 19.4. The van der Waals surface area contributed by atoms with Gasteiger partial charge < -0.3 is 15.4 Å². The molecule has 0 aromatic heterocycles. The van der Waals surface area contributed by atoms with Crippen molar-refractivity contribution in [3.05, 3.63) is 66.0 Å². The molecule has 128 valence electrons. The SMILES string of the molecule is C=CC(=O)Nc1cc(NC(=O)c2ccc3c(c2)CC(C)O3)ccc1F. The van der Waals surface area contributed by atoms with Crippen LogP contribution in [0.1, 0.15) is 22.8 Å². The van der Waals surface area contributed by atoms with Crippen molar-refractivity contribution >= 4 is 23.2 Å². The first kappa shape index (κ1) is 16.7. The van der Waals surface area contributed by atoms with Crippen LogP contribution in [0, 0.1) is 5.82 Å². The number of rotatable bonds is 4. The number of carbonyl (C=O) groups excluding carboxylic acids is 2. The van der Waals surface area contributed by atoms with Crippen LogP contribution in [0.15, 0.2) is 49.1 Å². The fraction of sp³-hybridized carbons (Fsp3) is 0.158. The minimum atomic E-state index is -0.600. The molecule has 1 atom stereocenters. The van der Waals surface area contributed by atoms with Gasteiger partial charge in [-0.15, -0.1) is 0 Å². The van der Waals surface area contributed by atoms with Crippen LogP contribution in [0.4, 0.5) is 15.8 Å². The van der Waals surface area contributed by atoms with E-state index in [4.69, 9.17) is 4.74 Å². The van der Waals surface area contributed by atoms with Gasteiger partial charge in [-0.05, 0) is 55.0 Å². The van der Waals surface area contributed by atoms with Crippen molar-refractivity contribution in [3.8, 4) is 5.75 Å². The second-order valence-electron chi connectivity index (χ2n) is 5.80. The highest BCUT2D eigenvalue weighted by atomic mass is 19.1. The fourth-order valence-corrected chi connectivity index (χ4v) is 2.65. The van der Waals surface area contributed by atoms with E-state index in [2.05, 4.69) is 17.2 Å². The lowest BCUT2D eigenvalue weighted by molar-refractivity contribution is -0.111. The number of fused-ring (bicyclic) bond motifs is 1. The quantitative estimate of drug-likeness (QED) is 0.837. The van der Waals surface area contributed by atoms with Crippen molar-refractivity contribution in [2.75, 3.05) is 10.6 Å². The van der Waals surface area contributed by atoms with Crippen LogP contribution in [0.5, 0.6) is 5.75 Å². The lowest BCUT2D eigenvalue weighted by Crippen LogP contribution is -2.13. The third-order valence-electron chi connectivity index (χ3n) is 3.83. The molecule has 1 heterocycles. The Kier molecular flexibility index (Phi) is 4.52. The summed E-state index contributed by atoms with van der Waals surface area (Å²) in [6.07, 6.45) is 1.89. The van der Waals surface area contributed by atoms with Crippen LogP contribution < -0.4 is 15.4 Å². The molecular weight excluding hydrogens is 323 g/mol. The molecule has 0 saturated heterocycles. The summed E-state index contributed by atoms with van der Waals surface area (Å²) in [5.74, 6) is -0.665. The van der Waals surface area contributed by atoms with Gasteiger partial charge in [0.1, 0.15) is 17.7 Å². The van der Waals surface area contributed by atoms with E-state index in [0.717, 1.165) is 23.8 Å². The van der Waals surface area contributed by atoms with E-state index in [1.807, 2.05) is 6.92 Å². The van der Waals surface area contributed by atoms with Gasteiger partial charge in [0.15, 0.2) is 0 Å². The van der Waals surface area contributed by atoms with Crippen LogP contribution in [-0.2, 0) is 11.2 Å². The van der Waals surface area contributed by atoms with Crippen LogP contribution >= 0.6 is 0 Å². The Morgan fingerprint density at radius 2 is 2.04 bits per heavy atom. The van der Waals surface area contributed by atoms with E-state index in [1.54, 1.807) is 18.2 Å². The molecule has 0 radical (unpaired) electrons. The highest BCUT2D eigenvalue weighted by Crippen LogP contribution is 2.29. The van der Waals surface area contributed by atoms with Crippen molar-refractivity contribution in [1.29, 1.82) is 0 Å². The first-order valence-corrected chi connectivity index (χ1v) is 7.80. The molecule has 0 bridgehead atoms. The fourth-order valence-electron chi connectivity index (χ4n) is 2.65. The molecule has 0 fully saturated rings. The Balaban J connectivity index is 1.77. The maximum Gasteiger partial charge on any atom is 0.255 e. The number of amides is 2. The first-order chi connectivity index (χ1) is 12.0. The van der Waals surface area contributed by atoms with Crippen LogP contribution in [0.25, 0.3) is 0 Å². The van der Waals surface area contributed by atoms with Crippen LogP contribution in [0.2, 0.25) is 0 Å². The van der Waals surface area contributed by atoms with Gasteiger partial charge in [-0.3, -0.25) is 9.59 Å². The molecule has 1 unspecified atom stereocenters. The molecule has 0 saturated carbocycles. The van der Waals surface area contributed by atoms with Gasteiger partial charge in [0.05, 0.1) is 5.69 Å². The average Bonchev–Trinajstić information content (AvgIpc) is 2.96. The van der Waals surface area contributed by atoms with Gasteiger partial charge in [0.25, 0.3) is 5.91 Å². The molecule has 2 N–H and O–H groups in total. The number of hydrogen-bond acceptors (Lipinski definition) is 3. The summed E-state index contributed by atoms with van der Waals surface area (Å²) in [5.41, 5.74) is 1.81. The molecule has 2 aromatic carbocycles. The summed E-state index contributed by atoms with van der Waals surface area (Å²) in [5, 5.41) is 5.05. The third kappa shape index (κ3) is 3.68. The predicted octanol–water partition coefficient (Wildman–Crippen LogP) is 3.53. The van der Waals surface area contributed by atoms with E-state index >= 15 is 0 Å². The van der Waals surface area contributed by atoms with Crippen molar-refractivity contribution in [3.63, 3.8) is 0 Å². The van der Waals surface area contributed by atoms with Crippen molar-refractivity contribution in [1.82, 2.24) is 0 Å². The smallest absolute Gasteiger partial charge is 0.255 e. The van der Waals surface area contributed by atoms with Crippen molar-refractivity contribution < 1.29 is 18.7 Å². The molecule has 5 nitrogen and oxygen atoms in total. The van der Waals surface area contributed by atoms with E-state index in [1.165, 1.54) is 18.2 Å². The van der Waals surface area contributed by atoms with Gasteiger partial charge in [-0.25, -0.2) is 4.39 Å². The number of anilines is 2. The van der Waals surface area contributed by atoms with Gasteiger partial charge in [-0.1, -0.05) is 6.58 Å². The topological polar surface area (TPSA) is 67.4 Å². The highest BCUT2D eigenvalue weighted by molar-refractivity contribution is 6.05. The molecule has 2 amide bonds. The van der Waals surface area contributed by atoms with E-state index in [-0.39, 0.29) is 17.7 Å². The summed E-state index contributed by atoms with van der Waals surface area (Å²) in [6, 6.07) is 9.19. The molecule has 0 spiro atoms.